The summed E-state index contributed by atoms with van der Waals surface area (Å²) in [6.07, 6.45) is 4.73. The predicted octanol–water partition coefficient (Wildman–Crippen LogP) is 2.85. The molecule has 0 spiro atoms. The minimum Gasteiger partial charge on any atom is -0.479 e. The molecule has 1 aromatic carbocycles. The van der Waals surface area contributed by atoms with Crippen LogP contribution in [0.15, 0.2) is 24.3 Å². The van der Waals surface area contributed by atoms with Gasteiger partial charge in [0, 0.05) is 0 Å². The Morgan fingerprint density at radius 2 is 1.94 bits per heavy atom. The van der Waals surface area contributed by atoms with Gasteiger partial charge in [0.25, 0.3) is 0 Å². The van der Waals surface area contributed by atoms with Gasteiger partial charge in [-0.3, -0.25) is 0 Å². The first-order valence-corrected chi connectivity index (χ1v) is 6.19. The van der Waals surface area contributed by atoms with Crippen molar-refractivity contribution < 1.29 is 15.0 Å². The molecule has 3 nitrogen and oxygen atoms in total. The van der Waals surface area contributed by atoms with Crippen LogP contribution in [0.3, 0.4) is 0 Å². The van der Waals surface area contributed by atoms with Crippen LogP contribution < -0.4 is 0 Å². The number of carboxylic acids is 1. The molecule has 1 atom stereocenters. The maximum absolute atomic E-state index is 10.7. The number of hydrogen-bond acceptors (Lipinski definition) is 2. The Balaban J connectivity index is 2.18. The monoisotopic (exact) mass is 234 g/mol. The second-order valence-corrected chi connectivity index (χ2v) is 4.75. The van der Waals surface area contributed by atoms with Crippen LogP contribution in [-0.4, -0.2) is 16.2 Å². The number of aliphatic hydroxyl groups excluding tert-OH is 1. The lowest BCUT2D eigenvalue weighted by atomic mass is 9.83. The van der Waals surface area contributed by atoms with Gasteiger partial charge >= 0.3 is 5.97 Å². The summed E-state index contributed by atoms with van der Waals surface area (Å²) in [4.78, 5) is 10.7. The van der Waals surface area contributed by atoms with Crippen LogP contribution in [0, 0.1) is 0 Å². The maximum Gasteiger partial charge on any atom is 0.337 e. The van der Waals surface area contributed by atoms with E-state index >= 15 is 0 Å². The number of aliphatic carboxylic acids is 1. The Bertz CT molecular complexity index is 394. The minimum atomic E-state index is -1.40. The standard InChI is InChI=1S/C14H18O3/c15-13(14(16)17)12-8-4-7-11(9-12)10-5-2-1-3-6-10/h4,7-10,13,15H,1-3,5-6H2,(H,16,17)/t13-/m1/s1. The normalized spacial score (nSPS) is 18.9. The Hall–Kier alpha value is -1.35. The Morgan fingerprint density at radius 3 is 2.59 bits per heavy atom. The molecule has 17 heavy (non-hydrogen) atoms. The summed E-state index contributed by atoms with van der Waals surface area (Å²) in [5.41, 5.74) is 1.66. The molecule has 1 aromatic rings. The van der Waals surface area contributed by atoms with E-state index in [2.05, 4.69) is 0 Å². The van der Waals surface area contributed by atoms with Crippen LogP contribution in [0.2, 0.25) is 0 Å². The Morgan fingerprint density at radius 1 is 1.24 bits per heavy atom. The highest BCUT2D eigenvalue weighted by Gasteiger charge is 2.19. The van der Waals surface area contributed by atoms with E-state index in [-0.39, 0.29) is 0 Å². The predicted molar refractivity (Wildman–Crippen MR) is 64.9 cm³/mol. The molecule has 1 saturated carbocycles. The molecular formula is C14H18O3. The van der Waals surface area contributed by atoms with Gasteiger partial charge in [0.1, 0.15) is 0 Å². The van der Waals surface area contributed by atoms with Gasteiger partial charge in [0.15, 0.2) is 6.10 Å². The summed E-state index contributed by atoms with van der Waals surface area (Å²) in [6.45, 7) is 0. The summed E-state index contributed by atoms with van der Waals surface area (Å²) < 4.78 is 0. The third kappa shape index (κ3) is 2.86. The van der Waals surface area contributed by atoms with Gasteiger partial charge in [0.05, 0.1) is 0 Å². The molecule has 0 bridgehead atoms. The highest BCUT2D eigenvalue weighted by Crippen LogP contribution is 2.33. The molecule has 0 amide bonds. The third-order valence-electron chi connectivity index (χ3n) is 3.54. The van der Waals surface area contributed by atoms with Gasteiger partial charge in [-0.1, -0.05) is 43.5 Å². The van der Waals surface area contributed by atoms with Crippen molar-refractivity contribution in [3.05, 3.63) is 35.4 Å². The number of carboxylic acid groups (broad SMARTS) is 1. The van der Waals surface area contributed by atoms with E-state index in [1.165, 1.54) is 37.7 Å². The lowest BCUT2D eigenvalue weighted by molar-refractivity contribution is -0.146. The minimum absolute atomic E-state index is 0.487. The molecule has 2 N–H and O–H groups in total. The third-order valence-corrected chi connectivity index (χ3v) is 3.54. The summed E-state index contributed by atoms with van der Waals surface area (Å²) in [5.74, 6) is -0.657. The van der Waals surface area contributed by atoms with E-state index in [1.54, 1.807) is 6.07 Å². The average Bonchev–Trinajstić information content (AvgIpc) is 2.39. The van der Waals surface area contributed by atoms with Crippen LogP contribution in [0.1, 0.15) is 55.3 Å². The largest absolute Gasteiger partial charge is 0.479 e. The zero-order valence-corrected chi connectivity index (χ0v) is 9.80. The highest BCUT2D eigenvalue weighted by atomic mass is 16.4. The van der Waals surface area contributed by atoms with Gasteiger partial charge in [-0.2, -0.15) is 0 Å². The Kier molecular flexibility index (Phi) is 3.79. The fourth-order valence-corrected chi connectivity index (χ4v) is 2.56. The van der Waals surface area contributed by atoms with Crippen molar-refractivity contribution in [3.63, 3.8) is 0 Å². The molecule has 1 aliphatic carbocycles. The van der Waals surface area contributed by atoms with Gasteiger partial charge in [0.2, 0.25) is 0 Å². The molecule has 2 rings (SSSR count). The maximum atomic E-state index is 10.7. The number of carbonyl (C=O) groups is 1. The molecule has 1 aliphatic rings. The lowest BCUT2D eigenvalue weighted by Crippen LogP contribution is -2.11. The first-order valence-electron chi connectivity index (χ1n) is 6.19. The van der Waals surface area contributed by atoms with E-state index in [4.69, 9.17) is 5.11 Å². The van der Waals surface area contributed by atoms with Crippen molar-refractivity contribution in [3.8, 4) is 0 Å². The van der Waals surface area contributed by atoms with E-state index < -0.39 is 12.1 Å². The van der Waals surface area contributed by atoms with Crippen LogP contribution in [0.5, 0.6) is 0 Å². The lowest BCUT2D eigenvalue weighted by Gasteiger charge is -2.22. The van der Waals surface area contributed by atoms with Gasteiger partial charge in [-0.15, -0.1) is 0 Å². The molecule has 1 fully saturated rings. The number of benzene rings is 1. The first kappa shape index (κ1) is 12.1. The molecule has 0 unspecified atom stereocenters. The second kappa shape index (κ2) is 5.32. The molecule has 3 heteroatoms. The van der Waals surface area contributed by atoms with Crippen LogP contribution >= 0.6 is 0 Å². The molecular weight excluding hydrogens is 216 g/mol. The van der Waals surface area contributed by atoms with Crippen LogP contribution in [0.25, 0.3) is 0 Å². The second-order valence-electron chi connectivity index (χ2n) is 4.75. The topological polar surface area (TPSA) is 57.5 Å². The molecule has 0 heterocycles. The van der Waals surface area contributed by atoms with Crippen molar-refractivity contribution in [2.45, 2.75) is 44.1 Å². The zero-order valence-electron chi connectivity index (χ0n) is 9.80. The molecule has 0 saturated heterocycles. The van der Waals surface area contributed by atoms with Crippen molar-refractivity contribution >= 4 is 5.97 Å². The molecule has 0 aliphatic heterocycles. The first-order chi connectivity index (χ1) is 8.18. The Labute approximate surface area is 101 Å². The van der Waals surface area contributed by atoms with Crippen molar-refractivity contribution in [1.82, 2.24) is 0 Å². The quantitative estimate of drug-likeness (QED) is 0.845. The number of aliphatic hydroxyl groups is 1. The van der Waals surface area contributed by atoms with Gasteiger partial charge in [-0.05, 0) is 29.9 Å². The number of rotatable bonds is 3. The summed E-state index contributed by atoms with van der Waals surface area (Å²) in [6, 6.07) is 7.39. The van der Waals surface area contributed by atoms with E-state index in [9.17, 15) is 9.90 Å². The SMILES string of the molecule is O=C(O)[C@H](O)c1cccc(C2CCCCC2)c1. The smallest absolute Gasteiger partial charge is 0.337 e. The van der Waals surface area contributed by atoms with Gasteiger partial charge in [-0.25, -0.2) is 4.79 Å². The fraction of sp³-hybridized carbons (Fsp3) is 0.500. The number of hydrogen-bond donors (Lipinski definition) is 2. The van der Waals surface area contributed by atoms with E-state index in [0.717, 1.165) is 0 Å². The molecule has 92 valence electrons. The van der Waals surface area contributed by atoms with E-state index in [0.29, 0.717) is 11.5 Å². The van der Waals surface area contributed by atoms with Crippen molar-refractivity contribution in [2.24, 2.45) is 0 Å². The van der Waals surface area contributed by atoms with Gasteiger partial charge < -0.3 is 10.2 Å². The summed E-state index contributed by atoms with van der Waals surface area (Å²) in [5, 5.41) is 18.3. The highest BCUT2D eigenvalue weighted by molar-refractivity contribution is 5.74. The molecule has 0 aromatic heterocycles. The van der Waals surface area contributed by atoms with Crippen LogP contribution in [0.4, 0.5) is 0 Å². The van der Waals surface area contributed by atoms with Crippen molar-refractivity contribution in [2.75, 3.05) is 0 Å². The average molecular weight is 234 g/mol. The zero-order chi connectivity index (χ0) is 12.3. The van der Waals surface area contributed by atoms with Crippen molar-refractivity contribution in [1.29, 1.82) is 0 Å². The fourth-order valence-electron chi connectivity index (χ4n) is 2.56. The summed E-state index contributed by atoms with van der Waals surface area (Å²) in [7, 11) is 0. The van der Waals surface area contributed by atoms with Crippen LogP contribution in [-0.2, 0) is 4.79 Å². The molecule has 0 radical (unpaired) electrons. The summed E-state index contributed by atoms with van der Waals surface area (Å²) >= 11 is 0. The van der Waals surface area contributed by atoms with E-state index in [1.807, 2.05) is 18.2 Å².